The number of urea groups is 1. The molecule has 1 N–H and O–H groups in total. The third-order valence-corrected chi connectivity index (χ3v) is 1.83. The number of nitrogens with zero attached hydrogens (tertiary/aromatic N) is 5. The molecule has 0 unspecified atom stereocenters. The molecule has 0 aliphatic heterocycles. The van der Waals surface area contributed by atoms with Gasteiger partial charge >= 0.3 is 16.5 Å². The highest BCUT2D eigenvalue weighted by atomic mass is 32.2. The monoisotopic (exact) mass is 246 g/mol. The Kier molecular flexibility index (Phi) is 3.55. The van der Waals surface area contributed by atoms with E-state index >= 15 is 0 Å². The molecule has 0 saturated heterocycles. The first-order valence-electron chi connectivity index (χ1n) is 4.10. The number of aromatic nitrogens is 3. The Morgan fingerprint density at radius 2 is 2.12 bits per heavy atom. The van der Waals surface area contributed by atoms with E-state index in [4.69, 9.17) is 0 Å². The predicted octanol–water partition coefficient (Wildman–Crippen LogP) is -0.524. The van der Waals surface area contributed by atoms with Gasteiger partial charge in [-0.2, -0.15) is 13.4 Å². The van der Waals surface area contributed by atoms with Gasteiger partial charge in [-0.05, 0) is 0 Å². The number of nitrogens with one attached hydrogen (secondary N) is 1. The Morgan fingerprint density at radius 3 is 2.56 bits per heavy atom. The molecule has 0 fully saturated rings. The summed E-state index contributed by atoms with van der Waals surface area (Å²) in [5.74, 6) is 0.504. The van der Waals surface area contributed by atoms with Crippen LogP contribution in [0.25, 0.3) is 0 Å². The first-order chi connectivity index (χ1) is 7.40. The molecule has 0 spiro atoms. The second kappa shape index (κ2) is 4.70. The highest BCUT2D eigenvalue weighted by Crippen LogP contribution is 2.09. The normalized spacial score (nSPS) is 9.69. The van der Waals surface area contributed by atoms with E-state index in [0.717, 1.165) is 0 Å². The second-order valence-electron chi connectivity index (χ2n) is 2.99. The lowest BCUT2D eigenvalue weighted by Gasteiger charge is -2.08. The smallest absolute Gasteiger partial charge is 0.347 e. The molecular weight excluding hydrogens is 236 g/mol. The minimum absolute atomic E-state index is 0.00889. The van der Waals surface area contributed by atoms with Crippen LogP contribution in [0, 0.1) is 0 Å². The molecule has 9 nitrogen and oxygen atoms in total. The summed E-state index contributed by atoms with van der Waals surface area (Å²) < 4.78 is 24.4. The van der Waals surface area contributed by atoms with Gasteiger partial charge in [-0.25, -0.2) is 9.48 Å². The van der Waals surface area contributed by atoms with Crippen molar-refractivity contribution in [2.45, 2.75) is 0 Å². The van der Waals surface area contributed by atoms with Gasteiger partial charge in [0.25, 0.3) is 5.95 Å². The number of hydrogen-bond acceptors (Lipinski definition) is 6. The van der Waals surface area contributed by atoms with Crippen LogP contribution >= 0.6 is 0 Å². The average molecular weight is 246 g/mol. The molecule has 1 aromatic heterocycles. The molecule has 0 aliphatic rings. The van der Waals surface area contributed by atoms with E-state index in [1.54, 1.807) is 26.0 Å². The van der Waals surface area contributed by atoms with Crippen LogP contribution in [0.1, 0.15) is 0 Å². The molecule has 10 heteroatoms. The number of amides is 2. The topological polar surface area (TPSA) is 110 Å². The number of anilines is 2. The van der Waals surface area contributed by atoms with Crippen molar-refractivity contribution in [1.29, 1.82) is 0 Å². The maximum absolute atomic E-state index is 10.9. The predicted molar refractivity (Wildman–Crippen MR) is 55.7 cm³/mol. The fourth-order valence-corrected chi connectivity index (χ4v) is 1.19. The lowest BCUT2D eigenvalue weighted by molar-refractivity contribution is 0.259. The van der Waals surface area contributed by atoms with Crippen LogP contribution in [-0.4, -0.2) is 43.3 Å². The zero-order chi connectivity index (χ0) is 12.3. The summed E-state index contributed by atoms with van der Waals surface area (Å²) in [4.78, 5) is 16.6. The molecule has 0 aliphatic carbocycles. The molecule has 16 heavy (non-hydrogen) atoms. The standard InChI is InChI=1S/C6H10N6O3S/c1-11(2)6-8-4(9-12(6)3)7-5(13)10-16(14)15/h1-3H3,(H,7,9,13). The van der Waals surface area contributed by atoms with Crippen molar-refractivity contribution in [1.82, 2.24) is 14.8 Å². The van der Waals surface area contributed by atoms with E-state index in [1.807, 2.05) is 0 Å². The van der Waals surface area contributed by atoms with Crippen LogP contribution in [-0.2, 0) is 17.5 Å². The van der Waals surface area contributed by atoms with Crippen LogP contribution in [0.5, 0.6) is 0 Å². The van der Waals surface area contributed by atoms with Gasteiger partial charge in [0, 0.05) is 21.1 Å². The van der Waals surface area contributed by atoms with E-state index < -0.39 is 16.5 Å². The highest BCUT2D eigenvalue weighted by Gasteiger charge is 2.10. The van der Waals surface area contributed by atoms with Gasteiger partial charge in [0.1, 0.15) is 0 Å². The first-order valence-corrected chi connectivity index (χ1v) is 5.14. The van der Waals surface area contributed by atoms with E-state index in [2.05, 4.69) is 19.8 Å². The molecule has 1 heterocycles. The second-order valence-corrected chi connectivity index (χ2v) is 3.61. The van der Waals surface area contributed by atoms with Crippen molar-refractivity contribution in [3.63, 3.8) is 0 Å². The quantitative estimate of drug-likeness (QED) is 0.751. The number of carbonyl (C=O) groups excluding carboxylic acids is 1. The maximum Gasteiger partial charge on any atom is 0.362 e. The Morgan fingerprint density at radius 1 is 1.50 bits per heavy atom. The van der Waals surface area contributed by atoms with Crippen molar-refractivity contribution in [3.05, 3.63) is 0 Å². The van der Waals surface area contributed by atoms with Crippen LogP contribution in [0.4, 0.5) is 16.7 Å². The number of rotatable bonds is 2. The van der Waals surface area contributed by atoms with Gasteiger partial charge in [-0.3, -0.25) is 5.32 Å². The zero-order valence-corrected chi connectivity index (χ0v) is 9.69. The lowest BCUT2D eigenvalue weighted by atomic mass is 10.8. The van der Waals surface area contributed by atoms with Gasteiger partial charge in [0.15, 0.2) is 0 Å². The summed E-state index contributed by atoms with van der Waals surface area (Å²) in [7, 11) is 2.37. The third kappa shape index (κ3) is 3.02. The van der Waals surface area contributed by atoms with Gasteiger partial charge in [-0.1, -0.05) is 4.36 Å². The molecule has 88 valence electrons. The minimum Gasteiger partial charge on any atom is -0.347 e. The van der Waals surface area contributed by atoms with E-state index in [1.165, 1.54) is 4.68 Å². The fourth-order valence-electron chi connectivity index (χ4n) is 1.00. The van der Waals surface area contributed by atoms with Crippen molar-refractivity contribution >= 4 is 28.4 Å². The largest absolute Gasteiger partial charge is 0.362 e. The molecule has 0 bridgehead atoms. The van der Waals surface area contributed by atoms with Crippen LogP contribution < -0.4 is 10.2 Å². The minimum atomic E-state index is -2.79. The summed E-state index contributed by atoms with van der Waals surface area (Å²) in [5, 5.41) is 5.97. The molecule has 0 radical (unpaired) electrons. The van der Waals surface area contributed by atoms with Crippen molar-refractivity contribution < 1.29 is 13.2 Å². The van der Waals surface area contributed by atoms with E-state index in [9.17, 15) is 13.2 Å². The average Bonchev–Trinajstić information content (AvgIpc) is 2.44. The number of aryl methyl sites for hydroxylation is 1. The highest BCUT2D eigenvalue weighted by molar-refractivity contribution is 7.62. The van der Waals surface area contributed by atoms with E-state index in [0.29, 0.717) is 5.95 Å². The summed E-state index contributed by atoms with van der Waals surface area (Å²) in [6.07, 6.45) is 0. The van der Waals surface area contributed by atoms with Gasteiger partial charge < -0.3 is 4.90 Å². The summed E-state index contributed by atoms with van der Waals surface area (Å²) in [5.41, 5.74) is 0. The molecule has 0 aromatic carbocycles. The SMILES string of the molecule is CN(C)c1nc(NC(=O)N=S(=O)=O)nn1C. The van der Waals surface area contributed by atoms with Gasteiger partial charge in [0.05, 0.1) is 0 Å². The molecular formula is C6H10N6O3S. The first kappa shape index (κ1) is 12.1. The molecule has 1 rings (SSSR count). The van der Waals surface area contributed by atoms with Crippen molar-refractivity contribution in [3.8, 4) is 0 Å². The molecule has 2 amide bonds. The fraction of sp³-hybridized carbons (Fsp3) is 0.500. The molecule has 0 saturated carbocycles. The number of carbonyl (C=O) groups is 1. The Hall–Kier alpha value is -1.97. The summed E-state index contributed by atoms with van der Waals surface area (Å²) in [6.45, 7) is 0. The van der Waals surface area contributed by atoms with Gasteiger partial charge in [0.2, 0.25) is 5.95 Å². The van der Waals surface area contributed by atoms with E-state index in [-0.39, 0.29) is 5.95 Å². The zero-order valence-electron chi connectivity index (χ0n) is 8.87. The van der Waals surface area contributed by atoms with Crippen LogP contribution in [0.2, 0.25) is 0 Å². The summed E-state index contributed by atoms with van der Waals surface area (Å²) in [6, 6.07) is -1.04. The van der Waals surface area contributed by atoms with Crippen molar-refractivity contribution in [2.24, 2.45) is 11.4 Å². The Balaban J connectivity index is 2.87. The molecule has 1 aromatic rings. The molecule has 0 atom stereocenters. The summed E-state index contributed by atoms with van der Waals surface area (Å²) >= 11 is 0. The lowest BCUT2D eigenvalue weighted by Crippen LogP contribution is -2.14. The van der Waals surface area contributed by atoms with Crippen LogP contribution in [0.3, 0.4) is 0 Å². The Labute approximate surface area is 92.8 Å². The number of hydrogen-bond donors (Lipinski definition) is 1. The Bertz CT molecular complexity index is 522. The van der Waals surface area contributed by atoms with Crippen LogP contribution in [0.15, 0.2) is 4.36 Å². The van der Waals surface area contributed by atoms with Gasteiger partial charge in [-0.15, -0.1) is 5.10 Å². The van der Waals surface area contributed by atoms with Crippen molar-refractivity contribution in [2.75, 3.05) is 24.3 Å². The third-order valence-electron chi connectivity index (χ3n) is 1.52. The maximum atomic E-state index is 10.9.